The fraction of sp³-hybridized carbons (Fsp3) is 0. The first kappa shape index (κ1) is 27.0. The highest BCUT2D eigenvalue weighted by molar-refractivity contribution is 6.19. The van der Waals surface area contributed by atoms with Crippen molar-refractivity contribution in [1.29, 1.82) is 0 Å². The molecule has 0 unspecified atom stereocenters. The monoisotopic (exact) mass is 600 g/mol. The summed E-state index contributed by atoms with van der Waals surface area (Å²) in [6.45, 7) is 0. The summed E-state index contributed by atoms with van der Waals surface area (Å²) < 4.78 is 6.46. The molecule has 0 fully saturated rings. The molecule has 0 saturated heterocycles. The van der Waals surface area contributed by atoms with Gasteiger partial charge in [-0.25, -0.2) is 9.97 Å². The molecule has 0 spiro atoms. The summed E-state index contributed by atoms with van der Waals surface area (Å²) in [7, 11) is 0. The second-order valence-electron chi connectivity index (χ2n) is 11.8. The van der Waals surface area contributed by atoms with Crippen molar-refractivity contribution in [3.63, 3.8) is 0 Å². The molecule has 3 heteroatoms. The highest BCUT2D eigenvalue weighted by atomic mass is 16.3. The van der Waals surface area contributed by atoms with E-state index in [-0.39, 0.29) is 0 Å². The molecule has 2 heterocycles. The average Bonchev–Trinajstić information content (AvgIpc) is 3.54. The average molecular weight is 601 g/mol. The predicted molar refractivity (Wildman–Crippen MR) is 194 cm³/mol. The van der Waals surface area contributed by atoms with Gasteiger partial charge in [-0.05, 0) is 75.5 Å². The van der Waals surface area contributed by atoms with Crippen LogP contribution in [0.4, 0.5) is 0 Å². The van der Waals surface area contributed by atoms with Gasteiger partial charge < -0.3 is 4.42 Å². The van der Waals surface area contributed by atoms with E-state index in [0.29, 0.717) is 5.82 Å². The molecular weight excluding hydrogens is 572 g/mol. The molecule has 47 heavy (non-hydrogen) atoms. The molecule has 0 N–H and O–H groups in total. The quantitative estimate of drug-likeness (QED) is 0.197. The number of furan rings is 1. The van der Waals surface area contributed by atoms with E-state index in [2.05, 4.69) is 133 Å². The highest BCUT2D eigenvalue weighted by Crippen LogP contribution is 2.39. The minimum absolute atomic E-state index is 0.699. The SMILES string of the molecule is c1ccc(-c2cc(-c3ccc4c(c3)oc3ccc5ccccc5c34)cc(-c3cc(-c4ccccc4)nc(-c4ccccc4)n3)c2)cc1. The topological polar surface area (TPSA) is 38.9 Å². The van der Waals surface area contributed by atoms with Crippen LogP contribution >= 0.6 is 0 Å². The Kier molecular flexibility index (Phi) is 6.46. The standard InChI is InChI=1S/C44H28N2O/c1-4-12-29(13-5-1)34-24-35(33-20-22-38-42(27-33)47-41-23-21-30-14-10-11-19-37(30)43(38)41)26-36(25-34)40-28-39(31-15-6-2-7-16-31)45-44(46-40)32-17-8-3-9-18-32/h1-28H. The first-order chi connectivity index (χ1) is 23.3. The predicted octanol–water partition coefficient (Wildman–Crippen LogP) is 11.9. The molecule has 0 aliphatic rings. The Morgan fingerprint density at radius 1 is 0.340 bits per heavy atom. The van der Waals surface area contributed by atoms with Crippen LogP contribution < -0.4 is 0 Å². The van der Waals surface area contributed by atoms with Crippen LogP contribution in [0.5, 0.6) is 0 Å². The normalized spacial score (nSPS) is 11.4. The van der Waals surface area contributed by atoms with Crippen molar-refractivity contribution in [2.45, 2.75) is 0 Å². The van der Waals surface area contributed by atoms with Crippen molar-refractivity contribution in [2.75, 3.05) is 0 Å². The molecule has 220 valence electrons. The van der Waals surface area contributed by atoms with Crippen LogP contribution in [0, 0.1) is 0 Å². The van der Waals surface area contributed by atoms with Gasteiger partial charge in [0, 0.05) is 27.5 Å². The summed E-state index contributed by atoms with van der Waals surface area (Å²) in [5.41, 5.74) is 11.0. The third-order valence-corrected chi connectivity index (χ3v) is 8.86. The van der Waals surface area contributed by atoms with E-state index >= 15 is 0 Å². The number of aromatic nitrogens is 2. The molecule has 9 aromatic rings. The van der Waals surface area contributed by atoms with Gasteiger partial charge in [-0.3, -0.25) is 0 Å². The number of fused-ring (bicyclic) bond motifs is 5. The van der Waals surface area contributed by atoms with Crippen molar-refractivity contribution in [1.82, 2.24) is 9.97 Å². The van der Waals surface area contributed by atoms with Crippen molar-refractivity contribution < 1.29 is 4.42 Å². The molecule has 3 nitrogen and oxygen atoms in total. The number of hydrogen-bond donors (Lipinski definition) is 0. The Hall–Kier alpha value is -6.32. The number of benzene rings is 7. The fourth-order valence-corrected chi connectivity index (χ4v) is 6.53. The summed E-state index contributed by atoms with van der Waals surface area (Å²) in [4.78, 5) is 10.2. The maximum absolute atomic E-state index is 6.46. The third kappa shape index (κ3) is 4.95. The van der Waals surface area contributed by atoms with Gasteiger partial charge in [0.15, 0.2) is 5.82 Å². The zero-order valence-electron chi connectivity index (χ0n) is 25.5. The largest absolute Gasteiger partial charge is 0.456 e. The van der Waals surface area contributed by atoms with E-state index in [1.165, 1.54) is 10.8 Å². The molecule has 0 radical (unpaired) electrons. The lowest BCUT2D eigenvalue weighted by atomic mass is 9.94. The Bertz CT molecular complexity index is 2500. The summed E-state index contributed by atoms with van der Waals surface area (Å²) >= 11 is 0. The van der Waals surface area contributed by atoms with Gasteiger partial charge in [-0.1, -0.05) is 127 Å². The number of nitrogens with zero attached hydrogens (tertiary/aromatic N) is 2. The molecule has 0 atom stereocenters. The summed E-state index contributed by atoms with van der Waals surface area (Å²) in [6.07, 6.45) is 0. The summed E-state index contributed by atoms with van der Waals surface area (Å²) in [6, 6.07) is 59.1. The number of hydrogen-bond acceptors (Lipinski definition) is 3. The second kappa shape index (κ2) is 11.2. The van der Waals surface area contributed by atoms with Gasteiger partial charge in [-0.15, -0.1) is 0 Å². The smallest absolute Gasteiger partial charge is 0.160 e. The molecule has 2 aromatic heterocycles. The second-order valence-corrected chi connectivity index (χ2v) is 11.8. The van der Waals surface area contributed by atoms with Gasteiger partial charge in [0.1, 0.15) is 11.2 Å². The summed E-state index contributed by atoms with van der Waals surface area (Å²) in [5.74, 6) is 0.699. The van der Waals surface area contributed by atoms with E-state index in [9.17, 15) is 0 Å². The van der Waals surface area contributed by atoms with E-state index in [1.54, 1.807) is 0 Å². The Balaban J connectivity index is 1.25. The first-order valence-corrected chi connectivity index (χ1v) is 15.8. The van der Waals surface area contributed by atoms with Gasteiger partial charge in [0.2, 0.25) is 0 Å². The zero-order valence-corrected chi connectivity index (χ0v) is 25.5. The molecule has 0 amide bonds. The van der Waals surface area contributed by atoms with Crippen LogP contribution in [0.2, 0.25) is 0 Å². The van der Waals surface area contributed by atoms with Crippen LogP contribution in [-0.2, 0) is 0 Å². The zero-order chi connectivity index (χ0) is 31.2. The Morgan fingerprint density at radius 3 is 1.68 bits per heavy atom. The molecule has 0 bridgehead atoms. The summed E-state index contributed by atoms with van der Waals surface area (Å²) in [5, 5.41) is 4.70. The van der Waals surface area contributed by atoms with Crippen LogP contribution in [0.15, 0.2) is 174 Å². The molecule has 9 rings (SSSR count). The minimum Gasteiger partial charge on any atom is -0.456 e. The van der Waals surface area contributed by atoms with Gasteiger partial charge >= 0.3 is 0 Å². The van der Waals surface area contributed by atoms with Crippen LogP contribution in [0.1, 0.15) is 0 Å². The molecule has 0 saturated carbocycles. The van der Waals surface area contributed by atoms with Crippen molar-refractivity contribution in [3.05, 3.63) is 170 Å². The fourth-order valence-electron chi connectivity index (χ4n) is 6.53. The van der Waals surface area contributed by atoms with Gasteiger partial charge in [0.05, 0.1) is 11.4 Å². The van der Waals surface area contributed by atoms with Gasteiger partial charge in [-0.2, -0.15) is 0 Å². The van der Waals surface area contributed by atoms with E-state index in [4.69, 9.17) is 14.4 Å². The Morgan fingerprint density at radius 2 is 0.936 bits per heavy atom. The van der Waals surface area contributed by atoms with E-state index < -0.39 is 0 Å². The lowest BCUT2D eigenvalue weighted by Gasteiger charge is -2.13. The molecule has 0 aliphatic carbocycles. The molecule has 0 aliphatic heterocycles. The number of rotatable bonds is 5. The van der Waals surface area contributed by atoms with E-state index in [1.807, 2.05) is 36.4 Å². The van der Waals surface area contributed by atoms with Crippen molar-refractivity contribution in [2.24, 2.45) is 0 Å². The molecule has 7 aromatic carbocycles. The van der Waals surface area contributed by atoms with Crippen LogP contribution in [-0.4, -0.2) is 9.97 Å². The Labute approximate surface area is 272 Å². The molecular formula is C44H28N2O. The maximum atomic E-state index is 6.46. The highest BCUT2D eigenvalue weighted by Gasteiger charge is 2.15. The lowest BCUT2D eigenvalue weighted by Crippen LogP contribution is -1.96. The third-order valence-electron chi connectivity index (χ3n) is 8.86. The van der Waals surface area contributed by atoms with Crippen LogP contribution in [0.3, 0.4) is 0 Å². The van der Waals surface area contributed by atoms with E-state index in [0.717, 1.165) is 72.3 Å². The van der Waals surface area contributed by atoms with Crippen LogP contribution in [0.25, 0.3) is 88.9 Å². The lowest BCUT2D eigenvalue weighted by molar-refractivity contribution is 0.669. The van der Waals surface area contributed by atoms with Crippen molar-refractivity contribution >= 4 is 32.7 Å². The minimum atomic E-state index is 0.699. The first-order valence-electron chi connectivity index (χ1n) is 15.8. The maximum Gasteiger partial charge on any atom is 0.160 e. The van der Waals surface area contributed by atoms with Crippen molar-refractivity contribution in [3.8, 4) is 56.2 Å². The van der Waals surface area contributed by atoms with Gasteiger partial charge in [0.25, 0.3) is 0 Å².